The number of fused-ring (bicyclic) bond motifs is 1. The summed E-state index contributed by atoms with van der Waals surface area (Å²) in [6.07, 6.45) is -3.80. The molecule has 0 radical (unpaired) electrons. The van der Waals surface area contributed by atoms with Crippen LogP contribution < -0.4 is 15.0 Å². The molecule has 3 aromatic rings. The van der Waals surface area contributed by atoms with Crippen molar-refractivity contribution >= 4 is 12.0 Å². The molecule has 5 rings (SSSR count). The molecular formula is C22H25F4N7O2. The van der Waals surface area contributed by atoms with Crippen molar-refractivity contribution in [1.82, 2.24) is 24.9 Å². The van der Waals surface area contributed by atoms with Crippen LogP contribution in [0.3, 0.4) is 0 Å². The Morgan fingerprint density at radius 1 is 1.20 bits per heavy atom. The molecule has 188 valence electrons. The minimum absolute atomic E-state index is 0.142. The first-order chi connectivity index (χ1) is 16.6. The minimum atomic E-state index is -4.78. The van der Waals surface area contributed by atoms with Gasteiger partial charge >= 0.3 is 18.2 Å². The molecule has 0 spiro atoms. The van der Waals surface area contributed by atoms with Crippen LogP contribution in [0.1, 0.15) is 30.3 Å². The second kappa shape index (κ2) is 8.68. The smallest absolute Gasteiger partial charge is 0.419 e. The number of nitrogens with one attached hydrogen (secondary N) is 1. The van der Waals surface area contributed by atoms with E-state index in [4.69, 9.17) is 9.26 Å². The van der Waals surface area contributed by atoms with Gasteiger partial charge < -0.3 is 19.5 Å². The van der Waals surface area contributed by atoms with Gasteiger partial charge in [-0.25, -0.2) is 9.07 Å². The second-order valence-electron chi connectivity index (χ2n) is 9.04. The lowest BCUT2D eigenvalue weighted by molar-refractivity contribution is -0.140. The van der Waals surface area contributed by atoms with E-state index in [0.29, 0.717) is 35.5 Å². The van der Waals surface area contributed by atoms with Crippen molar-refractivity contribution in [1.29, 1.82) is 0 Å². The molecule has 13 heteroatoms. The summed E-state index contributed by atoms with van der Waals surface area (Å²) in [5, 5.41) is 11.6. The van der Waals surface area contributed by atoms with Crippen molar-refractivity contribution in [3.8, 4) is 6.01 Å². The molecule has 2 aromatic heterocycles. The van der Waals surface area contributed by atoms with Crippen LogP contribution in [0.5, 0.6) is 6.01 Å². The van der Waals surface area contributed by atoms with E-state index in [0.717, 1.165) is 31.6 Å². The standard InChI is InChI=1S/C22H25F4N7O2/c1-4-13-14-8-33(21-27-11(2)31-35-21)9-15(14)18(13)28-19-29-20(32(3)30-19)34-10-12-5-6-17(23)16(7-12)22(24,25)26/h5-7,13-15,18H,4,8-10H2,1-3H3,(H,28,30). The maximum absolute atomic E-state index is 13.5. The van der Waals surface area contributed by atoms with Crippen LogP contribution in [0.15, 0.2) is 22.7 Å². The molecule has 2 aliphatic rings. The second-order valence-corrected chi connectivity index (χ2v) is 9.04. The zero-order chi connectivity index (χ0) is 24.9. The molecule has 1 saturated heterocycles. The maximum Gasteiger partial charge on any atom is 0.419 e. The van der Waals surface area contributed by atoms with Crippen molar-refractivity contribution in [3.05, 3.63) is 41.0 Å². The van der Waals surface area contributed by atoms with Crippen LogP contribution >= 0.6 is 0 Å². The van der Waals surface area contributed by atoms with Gasteiger partial charge in [-0.2, -0.15) is 23.1 Å². The van der Waals surface area contributed by atoms with E-state index < -0.39 is 17.6 Å². The zero-order valence-corrected chi connectivity index (χ0v) is 19.4. The third-order valence-corrected chi connectivity index (χ3v) is 6.87. The summed E-state index contributed by atoms with van der Waals surface area (Å²) in [5.41, 5.74) is -1.16. The van der Waals surface area contributed by atoms with Gasteiger partial charge in [0.1, 0.15) is 12.4 Å². The molecule has 1 aromatic carbocycles. The van der Waals surface area contributed by atoms with E-state index in [1.165, 1.54) is 10.7 Å². The summed E-state index contributed by atoms with van der Waals surface area (Å²) in [6, 6.07) is 3.60. The van der Waals surface area contributed by atoms with Crippen molar-refractivity contribution < 1.29 is 26.8 Å². The van der Waals surface area contributed by atoms with Crippen LogP contribution in [0.25, 0.3) is 0 Å². The Labute approximate surface area is 198 Å². The number of aromatic nitrogens is 5. The quantitative estimate of drug-likeness (QED) is 0.495. The minimum Gasteiger partial charge on any atom is -0.459 e. The molecular weight excluding hydrogens is 470 g/mol. The Morgan fingerprint density at radius 3 is 2.66 bits per heavy atom. The summed E-state index contributed by atoms with van der Waals surface area (Å²) in [6.45, 7) is 5.36. The number of rotatable bonds is 7. The Hall–Kier alpha value is -3.38. The third kappa shape index (κ3) is 4.39. The molecule has 35 heavy (non-hydrogen) atoms. The van der Waals surface area contributed by atoms with Crippen LogP contribution in [-0.4, -0.2) is 44.0 Å². The Bertz CT molecular complexity index is 1210. The zero-order valence-electron chi connectivity index (χ0n) is 19.4. The molecule has 4 atom stereocenters. The molecule has 0 bridgehead atoms. The molecule has 9 nitrogen and oxygen atoms in total. The third-order valence-electron chi connectivity index (χ3n) is 6.87. The number of hydrogen-bond donors (Lipinski definition) is 1. The SMILES string of the molecule is CCC1C2CN(c3nc(C)no3)CC2C1Nc1nc(OCc2ccc(F)c(C(F)(F)F)c2)n(C)n1. The van der Waals surface area contributed by atoms with E-state index in [9.17, 15) is 17.6 Å². The van der Waals surface area contributed by atoms with Crippen molar-refractivity contribution in [2.24, 2.45) is 24.8 Å². The van der Waals surface area contributed by atoms with E-state index in [1.54, 1.807) is 14.0 Å². The predicted octanol–water partition coefficient (Wildman–Crippen LogP) is 3.82. The van der Waals surface area contributed by atoms with Gasteiger partial charge in [0.25, 0.3) is 0 Å². The summed E-state index contributed by atoms with van der Waals surface area (Å²) in [4.78, 5) is 10.8. The fraction of sp³-hybridized carbons (Fsp3) is 0.545. The van der Waals surface area contributed by atoms with Crippen LogP contribution in [0.4, 0.5) is 29.5 Å². The fourth-order valence-electron chi connectivity index (χ4n) is 5.20. The number of nitrogens with zero attached hydrogens (tertiary/aromatic N) is 6. The number of benzene rings is 1. The van der Waals surface area contributed by atoms with Gasteiger partial charge in [0.2, 0.25) is 5.95 Å². The van der Waals surface area contributed by atoms with Gasteiger partial charge in [0.05, 0.1) is 5.56 Å². The first kappa shape index (κ1) is 23.4. The highest BCUT2D eigenvalue weighted by Gasteiger charge is 2.55. The van der Waals surface area contributed by atoms with Gasteiger partial charge in [0.15, 0.2) is 5.82 Å². The van der Waals surface area contributed by atoms with Crippen LogP contribution in [0.2, 0.25) is 0 Å². The number of anilines is 2. The molecule has 1 aliphatic heterocycles. The lowest BCUT2D eigenvalue weighted by Crippen LogP contribution is -2.54. The van der Waals surface area contributed by atoms with Crippen LogP contribution in [0, 0.1) is 30.5 Å². The highest BCUT2D eigenvalue weighted by atomic mass is 19.4. The van der Waals surface area contributed by atoms with E-state index in [2.05, 4.69) is 37.4 Å². The summed E-state index contributed by atoms with van der Waals surface area (Å²) in [7, 11) is 1.63. The van der Waals surface area contributed by atoms with Crippen LogP contribution in [-0.2, 0) is 19.8 Å². The van der Waals surface area contributed by atoms with E-state index >= 15 is 0 Å². The summed E-state index contributed by atoms with van der Waals surface area (Å²) < 4.78 is 64.7. The average molecular weight is 495 g/mol. The monoisotopic (exact) mass is 495 g/mol. The van der Waals surface area contributed by atoms with Crippen molar-refractivity contribution in [2.75, 3.05) is 23.3 Å². The Balaban J connectivity index is 1.24. The largest absolute Gasteiger partial charge is 0.459 e. The van der Waals surface area contributed by atoms with Gasteiger partial charge in [-0.15, -0.1) is 5.10 Å². The number of aryl methyl sites for hydroxylation is 2. The maximum atomic E-state index is 13.5. The molecule has 0 amide bonds. The number of ether oxygens (including phenoxy) is 1. The van der Waals surface area contributed by atoms with Crippen molar-refractivity contribution in [3.63, 3.8) is 0 Å². The topological polar surface area (TPSA) is 94.1 Å². The lowest BCUT2D eigenvalue weighted by atomic mass is 9.61. The van der Waals surface area contributed by atoms with Gasteiger partial charge in [-0.05, 0) is 36.5 Å². The van der Waals surface area contributed by atoms with Gasteiger partial charge in [-0.3, -0.25) is 0 Å². The van der Waals surface area contributed by atoms with E-state index in [-0.39, 0.29) is 24.2 Å². The highest BCUT2D eigenvalue weighted by Crippen LogP contribution is 2.49. The van der Waals surface area contributed by atoms with Gasteiger partial charge in [0, 0.05) is 32.1 Å². The number of hydrogen-bond acceptors (Lipinski definition) is 8. The molecule has 1 N–H and O–H groups in total. The molecule has 1 aliphatic carbocycles. The fourth-order valence-corrected chi connectivity index (χ4v) is 5.20. The lowest BCUT2D eigenvalue weighted by Gasteiger charge is -2.47. The first-order valence-corrected chi connectivity index (χ1v) is 11.3. The highest BCUT2D eigenvalue weighted by molar-refractivity contribution is 5.36. The summed E-state index contributed by atoms with van der Waals surface area (Å²) >= 11 is 0. The molecule has 2 fully saturated rings. The van der Waals surface area contributed by atoms with E-state index in [1.807, 2.05) is 0 Å². The molecule has 1 saturated carbocycles. The summed E-state index contributed by atoms with van der Waals surface area (Å²) in [5.74, 6) is 0.927. The average Bonchev–Trinajstić information content (AvgIpc) is 3.48. The van der Waals surface area contributed by atoms with Crippen molar-refractivity contribution in [2.45, 2.75) is 39.1 Å². The Morgan fingerprint density at radius 2 is 1.97 bits per heavy atom. The number of halogens is 4. The predicted molar refractivity (Wildman–Crippen MR) is 116 cm³/mol. The number of alkyl halides is 3. The van der Waals surface area contributed by atoms with Gasteiger partial charge in [-0.1, -0.05) is 24.6 Å². The normalized spacial score (nSPS) is 23.8. The molecule has 3 heterocycles. The first-order valence-electron chi connectivity index (χ1n) is 11.3. The molecule has 4 unspecified atom stereocenters. The Kier molecular flexibility index (Phi) is 5.80.